The molecular formula is C24H37N3O2. The molecule has 1 aromatic rings. The molecule has 29 heavy (non-hydrogen) atoms. The molecule has 2 aliphatic rings. The third kappa shape index (κ3) is 6.05. The van der Waals surface area contributed by atoms with Crippen LogP contribution >= 0.6 is 0 Å². The van der Waals surface area contributed by atoms with E-state index in [1.54, 1.807) is 0 Å². The van der Waals surface area contributed by atoms with E-state index >= 15 is 0 Å². The van der Waals surface area contributed by atoms with Crippen molar-refractivity contribution in [3.05, 3.63) is 29.8 Å². The van der Waals surface area contributed by atoms with Gasteiger partial charge >= 0.3 is 0 Å². The smallest absolute Gasteiger partial charge is 0.227 e. The number of nitrogens with one attached hydrogen (secondary N) is 1. The summed E-state index contributed by atoms with van der Waals surface area (Å²) in [5.74, 6) is 0.481. The Balaban J connectivity index is 1.69. The van der Waals surface area contributed by atoms with Crippen LogP contribution in [-0.4, -0.2) is 28.8 Å². The summed E-state index contributed by atoms with van der Waals surface area (Å²) in [6, 6.07) is 8.08. The number of nitrogens with two attached hydrogens (primary N) is 1. The number of carbonyl (C=O) groups is 2. The van der Waals surface area contributed by atoms with Crippen molar-refractivity contribution in [2.45, 2.75) is 90.8 Å². The number of carbonyl (C=O) groups excluding carboxylic acids is 2. The van der Waals surface area contributed by atoms with E-state index in [1.165, 1.54) is 0 Å². The minimum atomic E-state index is -0.0518. The molecule has 2 unspecified atom stereocenters. The first-order chi connectivity index (χ1) is 13.7. The first-order valence-corrected chi connectivity index (χ1v) is 11.2. The van der Waals surface area contributed by atoms with Gasteiger partial charge in [0.05, 0.1) is 0 Å². The largest absolute Gasteiger partial charge is 0.334 e. The molecule has 0 bridgehead atoms. The van der Waals surface area contributed by atoms with Gasteiger partial charge in [0.1, 0.15) is 0 Å². The van der Waals surface area contributed by atoms with Crippen LogP contribution < -0.4 is 11.1 Å². The molecule has 3 N–H and O–H groups in total. The Morgan fingerprint density at radius 3 is 2.24 bits per heavy atom. The lowest BCUT2D eigenvalue weighted by atomic mass is 9.85. The number of anilines is 1. The van der Waals surface area contributed by atoms with Gasteiger partial charge in [-0.1, -0.05) is 52.2 Å². The van der Waals surface area contributed by atoms with Gasteiger partial charge in [-0.3, -0.25) is 9.59 Å². The normalized spacial score (nSPS) is 22.6. The molecule has 5 nitrogen and oxygen atoms in total. The van der Waals surface area contributed by atoms with Crippen LogP contribution in [0.3, 0.4) is 0 Å². The lowest BCUT2D eigenvalue weighted by molar-refractivity contribution is -0.137. The standard InChI is InChI=1S/C24H37N3O2/c1-24(2,3)15-22(28)27(21-10-5-4-9-20(21)25)16-17-11-13-19(14-12-17)26-23(29)18-7-6-8-18/h11-14,18,20-21H,4-10,15-16,25H2,1-3H3,(H,26,29). The zero-order valence-electron chi connectivity index (χ0n) is 18.2. The maximum Gasteiger partial charge on any atom is 0.227 e. The van der Waals surface area contributed by atoms with E-state index in [0.29, 0.717) is 13.0 Å². The van der Waals surface area contributed by atoms with Crippen molar-refractivity contribution in [3.63, 3.8) is 0 Å². The van der Waals surface area contributed by atoms with Gasteiger partial charge in [-0.15, -0.1) is 0 Å². The quantitative estimate of drug-likeness (QED) is 0.741. The molecule has 0 aliphatic heterocycles. The first-order valence-electron chi connectivity index (χ1n) is 11.2. The monoisotopic (exact) mass is 399 g/mol. The number of nitrogens with zero attached hydrogens (tertiary/aromatic N) is 1. The summed E-state index contributed by atoms with van der Waals surface area (Å²) in [6.07, 6.45) is 7.90. The van der Waals surface area contributed by atoms with Crippen LogP contribution in [0.1, 0.15) is 77.7 Å². The highest BCUT2D eigenvalue weighted by Gasteiger charge is 2.32. The predicted molar refractivity (Wildman–Crippen MR) is 117 cm³/mol. The fourth-order valence-corrected chi connectivity index (χ4v) is 4.28. The summed E-state index contributed by atoms with van der Waals surface area (Å²) >= 11 is 0. The van der Waals surface area contributed by atoms with Gasteiger partial charge in [0.2, 0.25) is 11.8 Å². The van der Waals surface area contributed by atoms with E-state index in [2.05, 4.69) is 26.1 Å². The van der Waals surface area contributed by atoms with E-state index in [1.807, 2.05) is 29.2 Å². The van der Waals surface area contributed by atoms with E-state index in [0.717, 1.165) is 56.2 Å². The zero-order chi connectivity index (χ0) is 21.0. The minimum absolute atomic E-state index is 0.0497. The van der Waals surface area contributed by atoms with Crippen molar-refractivity contribution >= 4 is 17.5 Å². The second-order valence-electron chi connectivity index (χ2n) is 10.1. The molecule has 2 fully saturated rings. The highest BCUT2D eigenvalue weighted by Crippen LogP contribution is 2.29. The fraction of sp³-hybridized carbons (Fsp3) is 0.667. The summed E-state index contributed by atoms with van der Waals surface area (Å²) in [4.78, 5) is 27.3. The van der Waals surface area contributed by atoms with Crippen LogP contribution in [0.4, 0.5) is 5.69 Å². The number of amides is 2. The third-order valence-corrected chi connectivity index (χ3v) is 6.23. The minimum Gasteiger partial charge on any atom is -0.334 e. The zero-order valence-corrected chi connectivity index (χ0v) is 18.2. The van der Waals surface area contributed by atoms with Crippen molar-refractivity contribution in [1.82, 2.24) is 4.90 Å². The van der Waals surface area contributed by atoms with Gasteiger partial charge in [-0.25, -0.2) is 0 Å². The molecule has 2 amide bonds. The molecule has 3 rings (SSSR count). The van der Waals surface area contributed by atoms with Crippen LogP contribution in [0.15, 0.2) is 24.3 Å². The Bertz CT molecular complexity index is 704. The van der Waals surface area contributed by atoms with Crippen LogP contribution in [0.2, 0.25) is 0 Å². The van der Waals surface area contributed by atoms with Crippen LogP contribution in [0.25, 0.3) is 0 Å². The van der Waals surface area contributed by atoms with E-state index in [9.17, 15) is 9.59 Å². The highest BCUT2D eigenvalue weighted by molar-refractivity contribution is 5.93. The average Bonchev–Trinajstić information content (AvgIpc) is 2.59. The number of hydrogen-bond donors (Lipinski definition) is 2. The van der Waals surface area contributed by atoms with Gasteiger partial charge in [0.25, 0.3) is 0 Å². The van der Waals surface area contributed by atoms with Gasteiger partial charge in [0, 0.05) is 36.7 Å². The van der Waals surface area contributed by atoms with E-state index in [4.69, 9.17) is 5.73 Å². The fourth-order valence-electron chi connectivity index (χ4n) is 4.28. The SMILES string of the molecule is CC(C)(C)CC(=O)N(Cc1ccc(NC(=O)C2CCC2)cc1)C1CCCCC1N. The number of rotatable bonds is 6. The second-order valence-corrected chi connectivity index (χ2v) is 10.1. The Labute approximate surface area is 175 Å². The second kappa shape index (κ2) is 9.29. The van der Waals surface area contributed by atoms with Crippen molar-refractivity contribution in [2.24, 2.45) is 17.1 Å². The number of hydrogen-bond acceptors (Lipinski definition) is 3. The first kappa shape index (κ1) is 21.8. The van der Waals surface area contributed by atoms with Gasteiger partial charge in [-0.2, -0.15) is 0 Å². The maximum atomic E-state index is 13.1. The Morgan fingerprint density at radius 1 is 1.03 bits per heavy atom. The molecule has 0 radical (unpaired) electrons. The van der Waals surface area contributed by atoms with E-state index in [-0.39, 0.29) is 35.2 Å². The third-order valence-electron chi connectivity index (χ3n) is 6.23. The summed E-state index contributed by atoms with van der Waals surface area (Å²) < 4.78 is 0. The molecule has 2 atom stereocenters. The van der Waals surface area contributed by atoms with Gasteiger partial charge < -0.3 is 16.0 Å². The summed E-state index contributed by atoms with van der Waals surface area (Å²) in [5, 5.41) is 3.01. The Kier molecular flexibility index (Phi) is 6.99. The lowest BCUT2D eigenvalue weighted by Crippen LogP contribution is -2.52. The van der Waals surface area contributed by atoms with Crippen LogP contribution in [0.5, 0.6) is 0 Å². The van der Waals surface area contributed by atoms with Crippen molar-refractivity contribution in [1.29, 1.82) is 0 Å². The molecule has 0 spiro atoms. The number of benzene rings is 1. The molecule has 0 aromatic heterocycles. The Morgan fingerprint density at radius 2 is 1.69 bits per heavy atom. The molecule has 0 heterocycles. The van der Waals surface area contributed by atoms with Crippen molar-refractivity contribution in [3.8, 4) is 0 Å². The Hall–Kier alpha value is -1.88. The van der Waals surface area contributed by atoms with Crippen LogP contribution in [-0.2, 0) is 16.1 Å². The van der Waals surface area contributed by atoms with E-state index < -0.39 is 0 Å². The molecule has 5 heteroatoms. The highest BCUT2D eigenvalue weighted by atomic mass is 16.2. The van der Waals surface area contributed by atoms with Crippen molar-refractivity contribution < 1.29 is 9.59 Å². The molecule has 160 valence electrons. The van der Waals surface area contributed by atoms with Gasteiger partial charge in [0.15, 0.2) is 0 Å². The summed E-state index contributed by atoms with van der Waals surface area (Å²) in [6.45, 7) is 6.88. The molecule has 2 aliphatic carbocycles. The lowest BCUT2D eigenvalue weighted by Gasteiger charge is -2.39. The summed E-state index contributed by atoms with van der Waals surface area (Å²) in [7, 11) is 0. The van der Waals surface area contributed by atoms with Gasteiger partial charge in [-0.05, 0) is 48.8 Å². The van der Waals surface area contributed by atoms with Crippen LogP contribution in [0, 0.1) is 11.3 Å². The average molecular weight is 400 g/mol. The molecule has 1 aromatic carbocycles. The van der Waals surface area contributed by atoms with Crippen molar-refractivity contribution in [2.75, 3.05) is 5.32 Å². The molecule has 0 saturated heterocycles. The molecule has 2 saturated carbocycles. The maximum absolute atomic E-state index is 13.1. The molecular weight excluding hydrogens is 362 g/mol. The predicted octanol–water partition coefficient (Wildman–Crippen LogP) is 4.46. The summed E-state index contributed by atoms with van der Waals surface area (Å²) in [5.41, 5.74) is 8.27. The topological polar surface area (TPSA) is 75.4 Å².